The maximum absolute atomic E-state index is 9.44. The van der Waals surface area contributed by atoms with Gasteiger partial charge >= 0.3 is 0 Å². The number of piperidine rings is 1. The molecule has 1 aromatic rings. The number of thiazole rings is 1. The number of aromatic nitrogens is 1. The second kappa shape index (κ2) is 4.49. The van der Waals surface area contributed by atoms with Gasteiger partial charge in [-0.15, -0.1) is 0 Å². The number of aliphatic hydroxyl groups excluding tert-OH is 1. The highest BCUT2D eigenvalue weighted by molar-refractivity contribution is 7.15. The molecule has 2 heterocycles. The van der Waals surface area contributed by atoms with E-state index in [1.165, 1.54) is 31.4 Å². The number of nitrogens with zero attached hydrogens (tertiary/aromatic N) is 2. The Bertz CT molecular complexity index is 427. The third-order valence-electron chi connectivity index (χ3n) is 4.21. The molecule has 0 bridgehead atoms. The van der Waals surface area contributed by atoms with E-state index >= 15 is 0 Å². The van der Waals surface area contributed by atoms with Gasteiger partial charge in [-0.05, 0) is 31.1 Å². The average molecular weight is 266 g/mol. The lowest BCUT2D eigenvalue weighted by Crippen LogP contribution is -2.37. The Morgan fingerprint density at radius 3 is 2.56 bits per heavy atom. The van der Waals surface area contributed by atoms with E-state index in [1.54, 1.807) is 11.3 Å². The van der Waals surface area contributed by atoms with E-state index in [1.807, 2.05) is 0 Å². The minimum absolute atomic E-state index is 0.156. The number of hydrogen-bond acceptors (Lipinski definition) is 4. The molecule has 18 heavy (non-hydrogen) atoms. The zero-order chi connectivity index (χ0) is 12.8. The molecule has 1 saturated carbocycles. The molecule has 0 aromatic carbocycles. The van der Waals surface area contributed by atoms with Crippen molar-refractivity contribution in [3.8, 4) is 0 Å². The molecule has 3 nitrogen and oxygen atoms in total. The number of hydrogen-bond donors (Lipinski definition) is 1. The Balaban J connectivity index is 1.76. The fraction of sp³-hybridized carbons (Fsp3) is 0.786. The van der Waals surface area contributed by atoms with Gasteiger partial charge in [0.15, 0.2) is 5.13 Å². The smallest absolute Gasteiger partial charge is 0.185 e. The summed E-state index contributed by atoms with van der Waals surface area (Å²) in [6.07, 6.45) is 4.98. The predicted molar refractivity (Wildman–Crippen MR) is 75.2 cm³/mol. The summed E-state index contributed by atoms with van der Waals surface area (Å²) in [6, 6.07) is 0. The van der Waals surface area contributed by atoms with Crippen LogP contribution in [0.25, 0.3) is 0 Å². The van der Waals surface area contributed by atoms with Crippen LogP contribution in [0.2, 0.25) is 0 Å². The fourth-order valence-corrected chi connectivity index (χ4v) is 3.64. The fourth-order valence-electron chi connectivity index (χ4n) is 2.58. The van der Waals surface area contributed by atoms with Gasteiger partial charge in [0.25, 0.3) is 0 Å². The SMILES string of the molecule is CC1(C)CCN(c2nc(C3CC3)c(CO)s2)CC1. The van der Waals surface area contributed by atoms with Crippen molar-refractivity contribution in [2.75, 3.05) is 18.0 Å². The van der Waals surface area contributed by atoms with E-state index in [4.69, 9.17) is 4.98 Å². The molecule has 1 saturated heterocycles. The van der Waals surface area contributed by atoms with Crippen molar-refractivity contribution < 1.29 is 5.11 Å². The standard InChI is InChI=1S/C14H22N2OS/c1-14(2)5-7-16(8-6-14)13-15-12(10-3-4-10)11(9-17)18-13/h10,17H,3-9H2,1-2H3. The molecular weight excluding hydrogens is 244 g/mol. The van der Waals surface area contributed by atoms with Crippen molar-refractivity contribution in [2.24, 2.45) is 5.41 Å². The summed E-state index contributed by atoms with van der Waals surface area (Å²) < 4.78 is 0. The topological polar surface area (TPSA) is 36.4 Å². The molecular formula is C14H22N2OS. The molecule has 1 aliphatic heterocycles. The number of rotatable bonds is 3. The van der Waals surface area contributed by atoms with E-state index in [0.717, 1.165) is 23.1 Å². The third kappa shape index (κ3) is 2.41. The largest absolute Gasteiger partial charge is 0.391 e. The summed E-state index contributed by atoms with van der Waals surface area (Å²) >= 11 is 1.70. The van der Waals surface area contributed by atoms with Crippen LogP contribution in [0.5, 0.6) is 0 Å². The molecule has 0 amide bonds. The first kappa shape index (κ1) is 12.4. The molecule has 2 aliphatic rings. The molecule has 1 aromatic heterocycles. The van der Waals surface area contributed by atoms with Crippen LogP contribution in [-0.4, -0.2) is 23.2 Å². The molecule has 0 atom stereocenters. The predicted octanol–water partition coefficient (Wildman–Crippen LogP) is 3.14. The maximum atomic E-state index is 9.44. The molecule has 0 spiro atoms. The second-order valence-electron chi connectivity index (χ2n) is 6.39. The highest BCUT2D eigenvalue weighted by Crippen LogP contribution is 2.44. The van der Waals surface area contributed by atoms with Crippen LogP contribution < -0.4 is 4.90 Å². The number of aliphatic hydroxyl groups is 1. The summed E-state index contributed by atoms with van der Waals surface area (Å²) in [6.45, 7) is 7.07. The van der Waals surface area contributed by atoms with Crippen LogP contribution in [0.3, 0.4) is 0 Å². The zero-order valence-corrected chi connectivity index (χ0v) is 12.1. The minimum Gasteiger partial charge on any atom is -0.391 e. The van der Waals surface area contributed by atoms with Gasteiger partial charge in [-0.25, -0.2) is 4.98 Å². The summed E-state index contributed by atoms with van der Waals surface area (Å²) in [5, 5.41) is 10.6. The van der Waals surface area contributed by atoms with Crippen LogP contribution in [-0.2, 0) is 6.61 Å². The van der Waals surface area contributed by atoms with Crippen LogP contribution >= 0.6 is 11.3 Å². The molecule has 2 fully saturated rings. The molecule has 1 N–H and O–H groups in total. The lowest BCUT2D eigenvalue weighted by Gasteiger charge is -2.36. The molecule has 4 heteroatoms. The Morgan fingerprint density at radius 2 is 2.00 bits per heavy atom. The molecule has 1 aliphatic carbocycles. The highest BCUT2D eigenvalue weighted by atomic mass is 32.1. The monoisotopic (exact) mass is 266 g/mol. The van der Waals surface area contributed by atoms with Crippen molar-refractivity contribution >= 4 is 16.5 Å². The van der Waals surface area contributed by atoms with E-state index < -0.39 is 0 Å². The third-order valence-corrected chi connectivity index (χ3v) is 5.33. The van der Waals surface area contributed by atoms with Crippen LogP contribution in [0.4, 0.5) is 5.13 Å². The van der Waals surface area contributed by atoms with Gasteiger partial charge in [-0.2, -0.15) is 0 Å². The van der Waals surface area contributed by atoms with Crippen LogP contribution in [0.1, 0.15) is 56.0 Å². The van der Waals surface area contributed by atoms with Gasteiger partial charge in [-0.3, -0.25) is 0 Å². The lowest BCUT2D eigenvalue weighted by atomic mass is 9.83. The summed E-state index contributed by atoms with van der Waals surface area (Å²) in [4.78, 5) is 8.30. The first-order chi connectivity index (χ1) is 8.59. The Kier molecular flexibility index (Phi) is 3.10. The molecule has 0 unspecified atom stereocenters. The summed E-state index contributed by atoms with van der Waals surface area (Å²) in [5.74, 6) is 0.637. The first-order valence-corrected chi connectivity index (χ1v) is 7.76. The van der Waals surface area contributed by atoms with Crippen molar-refractivity contribution in [3.05, 3.63) is 10.6 Å². The number of anilines is 1. The van der Waals surface area contributed by atoms with Crippen molar-refractivity contribution in [3.63, 3.8) is 0 Å². The van der Waals surface area contributed by atoms with Gasteiger partial charge in [-0.1, -0.05) is 25.2 Å². The van der Waals surface area contributed by atoms with E-state index in [0.29, 0.717) is 11.3 Å². The van der Waals surface area contributed by atoms with Gasteiger partial charge in [0, 0.05) is 19.0 Å². The minimum atomic E-state index is 0.156. The lowest BCUT2D eigenvalue weighted by molar-refractivity contribution is 0.279. The van der Waals surface area contributed by atoms with E-state index in [-0.39, 0.29) is 6.61 Å². The summed E-state index contributed by atoms with van der Waals surface area (Å²) in [5.41, 5.74) is 1.66. The van der Waals surface area contributed by atoms with E-state index in [9.17, 15) is 5.11 Å². The first-order valence-electron chi connectivity index (χ1n) is 6.94. The van der Waals surface area contributed by atoms with Gasteiger partial charge in [0.2, 0.25) is 0 Å². The van der Waals surface area contributed by atoms with Crippen LogP contribution in [0.15, 0.2) is 0 Å². The highest BCUT2D eigenvalue weighted by Gasteiger charge is 2.32. The summed E-state index contributed by atoms with van der Waals surface area (Å²) in [7, 11) is 0. The second-order valence-corrected chi connectivity index (χ2v) is 7.45. The average Bonchev–Trinajstić information content (AvgIpc) is 3.09. The van der Waals surface area contributed by atoms with Crippen molar-refractivity contribution in [1.29, 1.82) is 0 Å². The van der Waals surface area contributed by atoms with Crippen molar-refractivity contribution in [2.45, 2.75) is 52.1 Å². The Morgan fingerprint density at radius 1 is 1.33 bits per heavy atom. The normalized spacial score (nSPS) is 23.4. The van der Waals surface area contributed by atoms with Crippen LogP contribution in [0, 0.1) is 5.41 Å². The van der Waals surface area contributed by atoms with E-state index in [2.05, 4.69) is 18.7 Å². The van der Waals surface area contributed by atoms with Gasteiger partial charge in [0.05, 0.1) is 17.2 Å². The molecule has 3 rings (SSSR count). The van der Waals surface area contributed by atoms with Gasteiger partial charge in [0.1, 0.15) is 0 Å². The Labute approximate surface area is 113 Å². The molecule has 100 valence electrons. The maximum Gasteiger partial charge on any atom is 0.185 e. The quantitative estimate of drug-likeness (QED) is 0.913. The van der Waals surface area contributed by atoms with Crippen molar-refractivity contribution in [1.82, 2.24) is 4.98 Å². The Hall–Kier alpha value is -0.610. The zero-order valence-electron chi connectivity index (χ0n) is 11.3. The molecule has 0 radical (unpaired) electrons. The van der Waals surface area contributed by atoms with Gasteiger partial charge < -0.3 is 10.0 Å².